The minimum absolute atomic E-state index is 0.0158. The highest BCUT2D eigenvalue weighted by Crippen LogP contribution is 2.19. The summed E-state index contributed by atoms with van der Waals surface area (Å²) in [6, 6.07) is -1.90. The minimum Gasteiger partial charge on any atom is -0.623 e. The van der Waals surface area contributed by atoms with Crippen molar-refractivity contribution in [3.05, 3.63) is 10.1 Å². The van der Waals surface area contributed by atoms with Crippen LogP contribution in [0.15, 0.2) is 5.18 Å². The molecule has 1 rings (SSSR count). The van der Waals surface area contributed by atoms with Gasteiger partial charge in [-0.15, -0.1) is 4.91 Å². The summed E-state index contributed by atoms with van der Waals surface area (Å²) in [6.45, 7) is 2.12. The summed E-state index contributed by atoms with van der Waals surface area (Å²) in [5.74, 6) is 0. The molecule has 1 fully saturated rings. The molecule has 0 aliphatic carbocycles. The van der Waals surface area contributed by atoms with Crippen molar-refractivity contribution >= 4 is 6.03 Å². The standard InChI is InChI=1S/C8H14N2O5/c1-2-3-10(13,8(11)9-12)7-4-14-6-15-5-7/h7H,2-6H2,1H3. The van der Waals surface area contributed by atoms with Gasteiger partial charge in [0.15, 0.2) is 0 Å². The Bertz CT molecular complexity index is 241. The fourth-order valence-corrected chi connectivity index (χ4v) is 1.55. The summed E-state index contributed by atoms with van der Waals surface area (Å²) in [7, 11) is 0. The van der Waals surface area contributed by atoms with Gasteiger partial charge in [-0.25, -0.2) is 4.79 Å². The van der Waals surface area contributed by atoms with Crippen molar-refractivity contribution in [1.29, 1.82) is 0 Å². The van der Waals surface area contributed by atoms with Crippen molar-refractivity contribution in [1.82, 2.24) is 0 Å². The van der Waals surface area contributed by atoms with Crippen LogP contribution in [0, 0.1) is 10.1 Å². The van der Waals surface area contributed by atoms with Crippen molar-refractivity contribution in [2.24, 2.45) is 5.18 Å². The molecule has 1 aliphatic heterocycles. The van der Waals surface area contributed by atoms with E-state index in [2.05, 4.69) is 5.18 Å². The molecule has 0 aromatic carbocycles. The second kappa shape index (κ2) is 5.26. The molecule has 0 saturated carbocycles. The first kappa shape index (κ1) is 12.2. The number of nitrogens with zero attached hydrogens (tertiary/aromatic N) is 2. The van der Waals surface area contributed by atoms with Crippen LogP contribution in [0.5, 0.6) is 0 Å². The van der Waals surface area contributed by atoms with E-state index in [9.17, 15) is 14.9 Å². The maximum absolute atomic E-state index is 12.1. The molecule has 1 unspecified atom stereocenters. The van der Waals surface area contributed by atoms with Gasteiger partial charge in [0.25, 0.3) is 0 Å². The third-order valence-electron chi connectivity index (χ3n) is 2.33. The fourth-order valence-electron chi connectivity index (χ4n) is 1.55. The predicted octanol–water partition coefficient (Wildman–Crippen LogP) is 0.970. The number of quaternary nitrogens is 1. The van der Waals surface area contributed by atoms with Crippen LogP contribution >= 0.6 is 0 Å². The van der Waals surface area contributed by atoms with Crippen molar-refractivity contribution in [2.75, 3.05) is 26.6 Å². The van der Waals surface area contributed by atoms with Gasteiger partial charge in [-0.2, -0.15) is 0 Å². The summed E-state index contributed by atoms with van der Waals surface area (Å²) in [4.78, 5) is 21.4. The molecule has 15 heavy (non-hydrogen) atoms. The Morgan fingerprint density at radius 1 is 1.53 bits per heavy atom. The molecule has 1 saturated heterocycles. The zero-order chi connectivity index (χ0) is 11.3. The van der Waals surface area contributed by atoms with Gasteiger partial charge in [0.05, 0.1) is 11.7 Å². The van der Waals surface area contributed by atoms with Crippen LogP contribution in [0.3, 0.4) is 0 Å². The molecule has 7 heteroatoms. The lowest BCUT2D eigenvalue weighted by atomic mass is 10.2. The lowest BCUT2D eigenvalue weighted by molar-refractivity contribution is -0.830. The van der Waals surface area contributed by atoms with Gasteiger partial charge in [0.2, 0.25) is 0 Å². The average Bonchev–Trinajstić information content (AvgIpc) is 2.29. The predicted molar refractivity (Wildman–Crippen MR) is 50.5 cm³/mol. The van der Waals surface area contributed by atoms with E-state index in [1.54, 1.807) is 6.92 Å². The zero-order valence-corrected chi connectivity index (χ0v) is 8.55. The van der Waals surface area contributed by atoms with E-state index in [1.165, 1.54) is 0 Å². The molecule has 0 spiro atoms. The Labute approximate surface area is 87.1 Å². The summed E-state index contributed by atoms with van der Waals surface area (Å²) < 4.78 is 8.59. The summed E-state index contributed by atoms with van der Waals surface area (Å²) in [5, 5.41) is 14.3. The number of rotatable bonds is 3. The maximum atomic E-state index is 12.1. The van der Waals surface area contributed by atoms with Crippen LogP contribution in [0.25, 0.3) is 0 Å². The molecule has 1 heterocycles. The molecular weight excluding hydrogens is 204 g/mol. The Kier molecular flexibility index (Phi) is 4.28. The number of urea groups is 1. The summed E-state index contributed by atoms with van der Waals surface area (Å²) in [5.41, 5.74) is 0. The highest BCUT2D eigenvalue weighted by molar-refractivity contribution is 5.68. The van der Waals surface area contributed by atoms with E-state index in [1.807, 2.05) is 0 Å². The van der Waals surface area contributed by atoms with Crippen molar-refractivity contribution in [3.63, 3.8) is 0 Å². The lowest BCUT2D eigenvalue weighted by Gasteiger charge is -2.44. The fraction of sp³-hybridized carbons (Fsp3) is 0.875. The Hall–Kier alpha value is -0.890. The van der Waals surface area contributed by atoms with Gasteiger partial charge >= 0.3 is 6.03 Å². The topological polar surface area (TPSA) is 88.0 Å². The average molecular weight is 218 g/mol. The van der Waals surface area contributed by atoms with Gasteiger partial charge in [0, 0.05) is 0 Å². The number of hydroxylamine groups is 3. The van der Waals surface area contributed by atoms with Crippen LogP contribution in [0.1, 0.15) is 13.3 Å². The van der Waals surface area contributed by atoms with E-state index < -0.39 is 16.7 Å². The third kappa shape index (κ3) is 2.57. The first-order valence-corrected chi connectivity index (χ1v) is 4.77. The molecule has 0 N–H and O–H groups in total. The van der Waals surface area contributed by atoms with Gasteiger partial charge in [-0.1, -0.05) is 6.92 Å². The number of carbonyl (C=O) groups is 1. The largest absolute Gasteiger partial charge is 0.623 e. The second-order valence-corrected chi connectivity index (χ2v) is 3.41. The lowest BCUT2D eigenvalue weighted by Crippen LogP contribution is -2.59. The third-order valence-corrected chi connectivity index (χ3v) is 2.33. The van der Waals surface area contributed by atoms with E-state index in [0.717, 1.165) is 0 Å². The molecule has 2 amide bonds. The SMILES string of the molecule is CCC[N+]([O-])(C(=O)N=O)C1COCOC1. The molecule has 0 aromatic heterocycles. The zero-order valence-electron chi connectivity index (χ0n) is 8.55. The van der Waals surface area contributed by atoms with Crippen LogP contribution < -0.4 is 0 Å². The number of amides is 2. The number of hydrogen-bond acceptors (Lipinski definition) is 5. The first-order chi connectivity index (χ1) is 7.15. The molecule has 1 atom stereocenters. The number of nitroso groups, excluding NO2 is 1. The molecule has 1 aliphatic rings. The molecule has 0 radical (unpaired) electrons. The second-order valence-electron chi connectivity index (χ2n) is 3.41. The van der Waals surface area contributed by atoms with Gasteiger partial charge in [-0.3, -0.25) is 4.65 Å². The Balaban J connectivity index is 2.77. The quantitative estimate of drug-likeness (QED) is 0.400. The van der Waals surface area contributed by atoms with E-state index in [-0.39, 0.29) is 26.6 Å². The highest BCUT2D eigenvalue weighted by Gasteiger charge is 2.38. The minimum atomic E-state index is -1.28. The van der Waals surface area contributed by atoms with Crippen molar-refractivity contribution in [2.45, 2.75) is 19.4 Å². The van der Waals surface area contributed by atoms with Crippen LogP contribution in [-0.2, 0) is 9.47 Å². The van der Waals surface area contributed by atoms with Gasteiger partial charge < -0.3 is 14.7 Å². The van der Waals surface area contributed by atoms with Gasteiger partial charge in [0.1, 0.15) is 26.0 Å². The normalized spacial score (nSPS) is 22.0. The molecule has 0 bridgehead atoms. The molecule has 7 nitrogen and oxygen atoms in total. The first-order valence-electron chi connectivity index (χ1n) is 4.77. The highest BCUT2D eigenvalue weighted by atomic mass is 16.7. The number of ether oxygens (including phenoxy) is 2. The van der Waals surface area contributed by atoms with Crippen molar-refractivity contribution in [3.8, 4) is 0 Å². The van der Waals surface area contributed by atoms with Crippen molar-refractivity contribution < 1.29 is 18.9 Å². The number of hydrogen-bond donors (Lipinski definition) is 0. The number of carbonyl (C=O) groups excluding carboxylic acids is 1. The maximum Gasteiger partial charge on any atom is 0.479 e. The van der Waals surface area contributed by atoms with Crippen LogP contribution in [-0.4, -0.2) is 43.3 Å². The van der Waals surface area contributed by atoms with Gasteiger partial charge in [-0.05, 0) is 6.42 Å². The van der Waals surface area contributed by atoms with Crippen LogP contribution in [0.2, 0.25) is 0 Å². The summed E-state index contributed by atoms with van der Waals surface area (Å²) in [6.07, 6.45) is 0.487. The van der Waals surface area contributed by atoms with Crippen LogP contribution in [0.4, 0.5) is 4.79 Å². The van der Waals surface area contributed by atoms with E-state index >= 15 is 0 Å². The molecular formula is C8H14N2O5. The smallest absolute Gasteiger partial charge is 0.479 e. The summed E-state index contributed by atoms with van der Waals surface area (Å²) >= 11 is 0. The molecule has 0 aromatic rings. The monoisotopic (exact) mass is 218 g/mol. The Morgan fingerprint density at radius 2 is 2.13 bits per heavy atom. The van der Waals surface area contributed by atoms with E-state index in [0.29, 0.717) is 6.42 Å². The Morgan fingerprint density at radius 3 is 2.60 bits per heavy atom. The molecule has 86 valence electrons. The van der Waals surface area contributed by atoms with E-state index in [4.69, 9.17) is 9.47 Å².